The van der Waals surface area contributed by atoms with Crippen molar-refractivity contribution in [2.24, 2.45) is 0 Å². The molecule has 1 N–H and O–H groups in total. The first-order chi connectivity index (χ1) is 9.78. The molecule has 100 valence electrons. The van der Waals surface area contributed by atoms with Crippen LogP contribution in [0, 0.1) is 6.92 Å². The number of rotatable bonds is 3. The van der Waals surface area contributed by atoms with E-state index in [4.69, 9.17) is 0 Å². The third-order valence-corrected chi connectivity index (χ3v) is 3.27. The molecule has 2 aromatic carbocycles. The maximum Gasteiger partial charge on any atom is 0.0889 e. The fourth-order valence-corrected chi connectivity index (χ4v) is 2.20. The number of aromatic nitrogens is 2. The second-order valence-electron chi connectivity index (χ2n) is 4.79. The Balaban J connectivity index is 2.15. The van der Waals surface area contributed by atoms with Crippen molar-refractivity contribution < 1.29 is 5.11 Å². The number of aryl methyl sites for hydroxylation is 1. The van der Waals surface area contributed by atoms with Crippen molar-refractivity contribution >= 4 is 0 Å². The molecule has 0 spiro atoms. The third-order valence-electron chi connectivity index (χ3n) is 3.27. The lowest BCUT2D eigenvalue weighted by Crippen LogP contribution is -1.99. The minimum absolute atomic E-state index is 0.0569. The number of hydrogen-bond donors (Lipinski definition) is 1. The summed E-state index contributed by atoms with van der Waals surface area (Å²) in [6, 6.07) is 20.2. The lowest BCUT2D eigenvalue weighted by molar-refractivity contribution is 0.276. The van der Waals surface area contributed by atoms with Crippen molar-refractivity contribution in [3.8, 4) is 16.9 Å². The number of hydrogen-bond acceptors (Lipinski definition) is 2. The molecule has 0 amide bonds. The van der Waals surface area contributed by atoms with Gasteiger partial charge in [0.1, 0.15) is 0 Å². The summed E-state index contributed by atoms with van der Waals surface area (Å²) in [5.41, 5.74) is 4.96. The van der Waals surface area contributed by atoms with Crippen LogP contribution < -0.4 is 0 Å². The number of aliphatic hydroxyl groups is 1. The Morgan fingerprint density at radius 1 is 1.00 bits per heavy atom. The lowest BCUT2D eigenvalue weighted by Gasteiger charge is -2.07. The Labute approximate surface area is 118 Å². The highest BCUT2D eigenvalue weighted by atomic mass is 16.3. The Hall–Kier alpha value is -2.39. The van der Waals surface area contributed by atoms with Gasteiger partial charge in [-0.15, -0.1) is 0 Å². The Morgan fingerprint density at radius 2 is 1.70 bits per heavy atom. The van der Waals surface area contributed by atoms with Gasteiger partial charge in [-0.3, -0.25) is 0 Å². The molecule has 3 rings (SSSR count). The summed E-state index contributed by atoms with van der Waals surface area (Å²) in [6.45, 7) is 2.01. The largest absolute Gasteiger partial charge is 0.390 e. The standard InChI is InChI=1S/C17H16N2O/c1-13-7-9-14(10-8-13)17-11-15(12-20)18-19(17)16-5-3-2-4-6-16/h2-11,20H,12H2,1H3. The molecule has 0 bridgehead atoms. The Bertz CT molecular complexity index is 700. The summed E-state index contributed by atoms with van der Waals surface area (Å²) < 4.78 is 1.87. The van der Waals surface area contributed by atoms with E-state index in [1.807, 2.05) is 41.1 Å². The first kappa shape index (κ1) is 12.6. The summed E-state index contributed by atoms with van der Waals surface area (Å²) in [6.07, 6.45) is 0. The highest BCUT2D eigenvalue weighted by Gasteiger charge is 2.10. The van der Waals surface area contributed by atoms with Crippen molar-refractivity contribution in [2.75, 3.05) is 0 Å². The van der Waals surface area contributed by atoms with Gasteiger partial charge in [0.15, 0.2) is 0 Å². The minimum Gasteiger partial charge on any atom is -0.390 e. The summed E-state index contributed by atoms with van der Waals surface area (Å²) in [7, 11) is 0. The second-order valence-corrected chi connectivity index (χ2v) is 4.79. The van der Waals surface area contributed by atoms with Crippen LogP contribution in [0.2, 0.25) is 0 Å². The normalized spacial score (nSPS) is 10.7. The van der Waals surface area contributed by atoms with E-state index < -0.39 is 0 Å². The van der Waals surface area contributed by atoms with Gasteiger partial charge in [-0.2, -0.15) is 5.10 Å². The number of nitrogens with zero attached hydrogens (tertiary/aromatic N) is 2. The van der Waals surface area contributed by atoms with Gasteiger partial charge < -0.3 is 5.11 Å². The minimum atomic E-state index is -0.0569. The molecule has 0 saturated carbocycles. The number of para-hydroxylation sites is 1. The third kappa shape index (κ3) is 2.36. The summed E-state index contributed by atoms with van der Waals surface area (Å²) in [4.78, 5) is 0. The molecule has 20 heavy (non-hydrogen) atoms. The predicted molar refractivity (Wildman–Crippen MR) is 79.7 cm³/mol. The molecule has 3 heteroatoms. The number of benzene rings is 2. The average Bonchev–Trinajstić information content (AvgIpc) is 2.93. The quantitative estimate of drug-likeness (QED) is 0.788. The van der Waals surface area contributed by atoms with E-state index in [0.717, 1.165) is 16.9 Å². The molecule has 1 aromatic heterocycles. The zero-order chi connectivity index (χ0) is 13.9. The van der Waals surface area contributed by atoms with Crippen molar-refractivity contribution in [1.29, 1.82) is 0 Å². The van der Waals surface area contributed by atoms with Gasteiger partial charge in [0.25, 0.3) is 0 Å². The maximum atomic E-state index is 9.34. The van der Waals surface area contributed by atoms with Crippen LogP contribution >= 0.6 is 0 Å². The molecular formula is C17H16N2O. The van der Waals surface area contributed by atoms with Crippen LogP contribution in [0.15, 0.2) is 60.7 Å². The molecule has 3 nitrogen and oxygen atoms in total. The molecule has 0 aliphatic heterocycles. The van der Waals surface area contributed by atoms with Crippen LogP contribution in [-0.4, -0.2) is 14.9 Å². The van der Waals surface area contributed by atoms with E-state index in [1.54, 1.807) is 0 Å². The summed E-state index contributed by atoms with van der Waals surface area (Å²) >= 11 is 0. The topological polar surface area (TPSA) is 38.1 Å². The first-order valence-electron chi connectivity index (χ1n) is 6.60. The molecule has 1 heterocycles. The molecule has 0 fully saturated rings. The lowest BCUT2D eigenvalue weighted by atomic mass is 10.1. The first-order valence-corrected chi connectivity index (χ1v) is 6.60. The van der Waals surface area contributed by atoms with Crippen molar-refractivity contribution in [2.45, 2.75) is 13.5 Å². The zero-order valence-corrected chi connectivity index (χ0v) is 11.3. The Morgan fingerprint density at radius 3 is 2.35 bits per heavy atom. The van der Waals surface area contributed by atoms with E-state index in [1.165, 1.54) is 5.56 Å². The van der Waals surface area contributed by atoms with Gasteiger partial charge in [0.2, 0.25) is 0 Å². The van der Waals surface area contributed by atoms with Crippen LogP contribution in [0.25, 0.3) is 16.9 Å². The van der Waals surface area contributed by atoms with Gasteiger partial charge in [-0.25, -0.2) is 4.68 Å². The molecule has 0 radical (unpaired) electrons. The highest BCUT2D eigenvalue weighted by Crippen LogP contribution is 2.24. The fourth-order valence-electron chi connectivity index (χ4n) is 2.20. The van der Waals surface area contributed by atoms with Crippen molar-refractivity contribution in [3.05, 3.63) is 71.9 Å². The monoisotopic (exact) mass is 264 g/mol. The SMILES string of the molecule is Cc1ccc(-c2cc(CO)nn2-c2ccccc2)cc1. The molecule has 0 atom stereocenters. The van der Waals surface area contributed by atoms with E-state index >= 15 is 0 Å². The van der Waals surface area contributed by atoms with E-state index in [-0.39, 0.29) is 6.61 Å². The van der Waals surface area contributed by atoms with Gasteiger partial charge >= 0.3 is 0 Å². The number of aliphatic hydroxyl groups excluding tert-OH is 1. The van der Waals surface area contributed by atoms with Crippen molar-refractivity contribution in [3.63, 3.8) is 0 Å². The summed E-state index contributed by atoms with van der Waals surface area (Å²) in [5, 5.41) is 13.8. The van der Waals surface area contributed by atoms with Crippen LogP contribution in [0.3, 0.4) is 0 Å². The molecule has 0 aliphatic carbocycles. The smallest absolute Gasteiger partial charge is 0.0889 e. The van der Waals surface area contributed by atoms with Crippen molar-refractivity contribution in [1.82, 2.24) is 9.78 Å². The van der Waals surface area contributed by atoms with Crippen LogP contribution in [0.5, 0.6) is 0 Å². The Kier molecular flexibility index (Phi) is 3.35. The average molecular weight is 264 g/mol. The molecule has 0 aliphatic rings. The molecule has 0 unspecified atom stereocenters. The van der Waals surface area contributed by atoms with Gasteiger partial charge in [0, 0.05) is 5.56 Å². The van der Waals surface area contributed by atoms with E-state index in [0.29, 0.717) is 5.69 Å². The predicted octanol–water partition coefficient (Wildman–Crippen LogP) is 3.34. The summed E-state index contributed by atoms with van der Waals surface area (Å²) in [5.74, 6) is 0. The van der Waals surface area contributed by atoms with E-state index in [9.17, 15) is 5.11 Å². The fraction of sp³-hybridized carbons (Fsp3) is 0.118. The zero-order valence-electron chi connectivity index (χ0n) is 11.3. The molecule has 0 saturated heterocycles. The van der Waals surface area contributed by atoms with E-state index in [2.05, 4.69) is 36.3 Å². The highest BCUT2D eigenvalue weighted by molar-refractivity contribution is 5.63. The second kappa shape index (κ2) is 5.31. The van der Waals surface area contributed by atoms with Gasteiger partial charge in [0.05, 0.1) is 23.7 Å². The van der Waals surface area contributed by atoms with Crippen LogP contribution in [-0.2, 0) is 6.61 Å². The van der Waals surface area contributed by atoms with Crippen LogP contribution in [0.4, 0.5) is 0 Å². The van der Waals surface area contributed by atoms with Gasteiger partial charge in [-0.1, -0.05) is 48.0 Å². The van der Waals surface area contributed by atoms with Crippen LogP contribution in [0.1, 0.15) is 11.3 Å². The molecular weight excluding hydrogens is 248 g/mol. The van der Waals surface area contributed by atoms with Gasteiger partial charge in [-0.05, 0) is 25.1 Å². The molecule has 3 aromatic rings. The maximum absolute atomic E-state index is 9.34.